The average Bonchev–Trinajstić information content (AvgIpc) is 2.62. The van der Waals surface area contributed by atoms with Crippen molar-refractivity contribution in [3.63, 3.8) is 0 Å². The molecule has 0 fully saturated rings. The van der Waals surface area contributed by atoms with Gasteiger partial charge in [-0.3, -0.25) is 4.79 Å². The Morgan fingerprint density at radius 1 is 1.16 bits per heavy atom. The van der Waals surface area contributed by atoms with Crippen LogP contribution in [0.4, 0.5) is 5.82 Å². The zero-order chi connectivity index (χ0) is 18.4. The first kappa shape index (κ1) is 18.4. The van der Waals surface area contributed by atoms with Gasteiger partial charge in [-0.15, -0.1) is 0 Å². The predicted octanol–water partition coefficient (Wildman–Crippen LogP) is 3.18. The van der Waals surface area contributed by atoms with Crippen molar-refractivity contribution in [2.24, 2.45) is 0 Å². The number of amides is 1. The van der Waals surface area contributed by atoms with Crippen LogP contribution in [0.15, 0.2) is 42.6 Å². The quantitative estimate of drug-likeness (QED) is 0.816. The number of ether oxygens (including phenoxy) is 2. The van der Waals surface area contributed by atoms with Crippen LogP contribution in [-0.4, -0.2) is 30.6 Å². The molecule has 1 N–H and O–H groups in total. The van der Waals surface area contributed by atoms with Crippen LogP contribution in [-0.2, 0) is 14.9 Å². The van der Waals surface area contributed by atoms with Gasteiger partial charge in [0.25, 0.3) is 0 Å². The van der Waals surface area contributed by atoms with Gasteiger partial charge in [0.05, 0.1) is 19.1 Å². The highest BCUT2D eigenvalue weighted by Gasteiger charge is 2.31. The summed E-state index contributed by atoms with van der Waals surface area (Å²) < 4.78 is 10.1. The van der Waals surface area contributed by atoms with Crippen molar-refractivity contribution in [3.8, 4) is 5.75 Å². The third-order valence-corrected chi connectivity index (χ3v) is 3.91. The fraction of sp³-hybridized carbons (Fsp3) is 0.316. The van der Waals surface area contributed by atoms with E-state index in [1.54, 1.807) is 52.1 Å². The first-order valence-corrected chi connectivity index (χ1v) is 7.98. The van der Waals surface area contributed by atoms with E-state index in [0.29, 0.717) is 5.75 Å². The summed E-state index contributed by atoms with van der Waals surface area (Å²) in [6.07, 6.45) is 1.51. The van der Waals surface area contributed by atoms with Crippen molar-refractivity contribution in [3.05, 3.63) is 53.7 Å². The number of carbonyl (C=O) groups is 2. The van der Waals surface area contributed by atoms with E-state index in [0.717, 1.165) is 5.56 Å². The highest BCUT2D eigenvalue weighted by atomic mass is 16.5. The van der Waals surface area contributed by atoms with Gasteiger partial charge in [0, 0.05) is 6.20 Å². The van der Waals surface area contributed by atoms with Gasteiger partial charge < -0.3 is 14.8 Å². The maximum atomic E-state index is 12.8. The summed E-state index contributed by atoms with van der Waals surface area (Å²) in [4.78, 5) is 28.9. The van der Waals surface area contributed by atoms with Gasteiger partial charge >= 0.3 is 5.97 Å². The number of pyridine rings is 1. The molecule has 0 saturated carbocycles. The molecule has 25 heavy (non-hydrogen) atoms. The van der Waals surface area contributed by atoms with Crippen LogP contribution in [0.25, 0.3) is 0 Å². The minimum atomic E-state index is -0.824. The lowest BCUT2D eigenvalue weighted by molar-refractivity contribution is -0.120. The summed E-state index contributed by atoms with van der Waals surface area (Å²) in [6.45, 7) is 5.58. The number of carbonyl (C=O) groups excluding carboxylic acids is 2. The molecule has 2 aromatic rings. The van der Waals surface area contributed by atoms with E-state index in [4.69, 9.17) is 9.47 Å². The molecular formula is C19H22N2O4. The van der Waals surface area contributed by atoms with E-state index in [1.165, 1.54) is 6.20 Å². The Balaban J connectivity index is 2.24. The summed E-state index contributed by atoms with van der Waals surface area (Å²) in [5, 5.41) is 2.74. The van der Waals surface area contributed by atoms with E-state index in [-0.39, 0.29) is 23.9 Å². The molecule has 0 aliphatic carbocycles. The largest absolute Gasteiger partial charge is 0.497 e. The van der Waals surface area contributed by atoms with Crippen LogP contribution in [0.2, 0.25) is 0 Å². The molecule has 1 amide bonds. The number of esters is 1. The number of hydrogen-bond acceptors (Lipinski definition) is 5. The molecule has 0 spiro atoms. The Bertz CT molecular complexity index is 754. The van der Waals surface area contributed by atoms with Gasteiger partial charge in [-0.2, -0.15) is 0 Å². The van der Waals surface area contributed by atoms with Crippen molar-refractivity contribution in [1.29, 1.82) is 0 Å². The predicted molar refractivity (Wildman–Crippen MR) is 94.8 cm³/mol. The Kier molecular flexibility index (Phi) is 5.75. The topological polar surface area (TPSA) is 77.5 Å². The van der Waals surface area contributed by atoms with Gasteiger partial charge in [-0.05, 0) is 50.6 Å². The van der Waals surface area contributed by atoms with E-state index in [9.17, 15) is 9.59 Å². The molecule has 0 aliphatic rings. The number of nitrogens with one attached hydrogen (secondary N) is 1. The maximum absolute atomic E-state index is 12.8. The molecule has 0 radical (unpaired) electrons. The zero-order valence-electron chi connectivity index (χ0n) is 14.8. The highest BCUT2D eigenvalue weighted by molar-refractivity contribution is 6.03. The molecule has 0 aliphatic heterocycles. The Labute approximate surface area is 147 Å². The summed E-state index contributed by atoms with van der Waals surface area (Å²) in [7, 11) is 1.59. The SMILES string of the molecule is CCOC(=O)c1cccnc1NC(=O)C(C)(C)c1ccc(OC)cc1. The molecule has 0 saturated heterocycles. The molecule has 1 aromatic heterocycles. The van der Waals surface area contributed by atoms with Crippen molar-refractivity contribution < 1.29 is 19.1 Å². The summed E-state index contributed by atoms with van der Waals surface area (Å²) in [5.74, 6) is 0.108. The fourth-order valence-electron chi connectivity index (χ4n) is 2.28. The smallest absolute Gasteiger partial charge is 0.341 e. The number of benzene rings is 1. The minimum absolute atomic E-state index is 0.188. The first-order valence-electron chi connectivity index (χ1n) is 7.98. The van der Waals surface area contributed by atoms with Crippen LogP contribution in [0.1, 0.15) is 36.7 Å². The van der Waals surface area contributed by atoms with Crippen LogP contribution in [0.5, 0.6) is 5.75 Å². The Morgan fingerprint density at radius 2 is 1.84 bits per heavy atom. The molecule has 0 atom stereocenters. The summed E-state index contributed by atoms with van der Waals surface area (Å²) in [6, 6.07) is 10.5. The third-order valence-electron chi connectivity index (χ3n) is 3.91. The standard InChI is InChI=1S/C19H22N2O4/c1-5-25-17(22)15-7-6-12-20-16(15)21-18(23)19(2,3)13-8-10-14(24-4)11-9-13/h6-12H,5H2,1-4H3,(H,20,21,23). The second kappa shape index (κ2) is 7.79. The summed E-state index contributed by atoms with van der Waals surface area (Å²) >= 11 is 0. The molecule has 1 heterocycles. The molecule has 0 bridgehead atoms. The maximum Gasteiger partial charge on any atom is 0.341 e. The molecule has 6 nitrogen and oxygen atoms in total. The van der Waals surface area contributed by atoms with Gasteiger partial charge in [-0.25, -0.2) is 9.78 Å². The Hall–Kier alpha value is -2.89. The van der Waals surface area contributed by atoms with Crippen molar-refractivity contribution in [1.82, 2.24) is 4.98 Å². The minimum Gasteiger partial charge on any atom is -0.497 e. The highest BCUT2D eigenvalue weighted by Crippen LogP contribution is 2.27. The molecular weight excluding hydrogens is 320 g/mol. The number of hydrogen-bond donors (Lipinski definition) is 1. The van der Waals surface area contributed by atoms with E-state index >= 15 is 0 Å². The monoisotopic (exact) mass is 342 g/mol. The number of methoxy groups -OCH3 is 1. The third kappa shape index (κ3) is 4.15. The van der Waals surface area contributed by atoms with E-state index < -0.39 is 11.4 Å². The Morgan fingerprint density at radius 3 is 2.44 bits per heavy atom. The number of anilines is 1. The van der Waals surface area contributed by atoms with Crippen molar-refractivity contribution in [2.75, 3.05) is 19.0 Å². The average molecular weight is 342 g/mol. The van der Waals surface area contributed by atoms with Gasteiger partial charge in [0.2, 0.25) is 5.91 Å². The first-order chi connectivity index (χ1) is 11.9. The zero-order valence-corrected chi connectivity index (χ0v) is 14.8. The van der Waals surface area contributed by atoms with Gasteiger partial charge in [0.15, 0.2) is 0 Å². The molecule has 132 valence electrons. The lowest BCUT2D eigenvalue weighted by Crippen LogP contribution is -2.35. The second-order valence-corrected chi connectivity index (χ2v) is 5.93. The van der Waals surface area contributed by atoms with Crippen molar-refractivity contribution in [2.45, 2.75) is 26.2 Å². The fourth-order valence-corrected chi connectivity index (χ4v) is 2.28. The lowest BCUT2D eigenvalue weighted by Gasteiger charge is -2.24. The van der Waals surface area contributed by atoms with Crippen LogP contribution < -0.4 is 10.1 Å². The van der Waals surface area contributed by atoms with Crippen LogP contribution >= 0.6 is 0 Å². The van der Waals surface area contributed by atoms with Gasteiger partial charge in [0.1, 0.15) is 17.1 Å². The molecule has 0 unspecified atom stereocenters. The van der Waals surface area contributed by atoms with E-state index in [1.807, 2.05) is 12.1 Å². The van der Waals surface area contributed by atoms with Crippen molar-refractivity contribution >= 4 is 17.7 Å². The lowest BCUT2D eigenvalue weighted by atomic mass is 9.83. The van der Waals surface area contributed by atoms with Gasteiger partial charge in [-0.1, -0.05) is 12.1 Å². The van der Waals surface area contributed by atoms with E-state index in [2.05, 4.69) is 10.3 Å². The molecule has 6 heteroatoms. The second-order valence-electron chi connectivity index (χ2n) is 5.93. The number of nitrogens with zero attached hydrogens (tertiary/aromatic N) is 1. The normalized spacial score (nSPS) is 10.9. The number of aromatic nitrogens is 1. The molecule has 2 rings (SSSR count). The molecule has 1 aromatic carbocycles. The number of rotatable bonds is 6. The van der Waals surface area contributed by atoms with Crippen LogP contribution in [0.3, 0.4) is 0 Å². The van der Waals surface area contributed by atoms with Crippen LogP contribution in [0, 0.1) is 0 Å². The summed E-state index contributed by atoms with van der Waals surface area (Å²) in [5.41, 5.74) is 0.220.